The maximum atomic E-state index is 11.6. The molecule has 6 nitrogen and oxygen atoms in total. The van der Waals surface area contributed by atoms with Crippen LogP contribution in [0.3, 0.4) is 0 Å². The second kappa shape index (κ2) is 7.56. The Hall–Kier alpha value is -2.99. The van der Waals surface area contributed by atoms with Crippen LogP contribution < -0.4 is 5.73 Å². The van der Waals surface area contributed by atoms with E-state index >= 15 is 0 Å². The molecule has 0 aliphatic carbocycles. The Morgan fingerprint density at radius 3 is 2.36 bits per heavy atom. The number of carbonyl (C=O) groups is 1. The van der Waals surface area contributed by atoms with Crippen LogP contribution >= 0.6 is 0 Å². The van der Waals surface area contributed by atoms with Gasteiger partial charge in [-0.05, 0) is 43.3 Å². The van der Waals surface area contributed by atoms with Crippen molar-refractivity contribution in [1.82, 2.24) is 19.7 Å². The third kappa shape index (κ3) is 4.28. The summed E-state index contributed by atoms with van der Waals surface area (Å²) in [7, 11) is 3.96. The molecule has 0 bridgehead atoms. The maximum Gasteiger partial charge on any atom is 0.248 e. The van der Waals surface area contributed by atoms with Gasteiger partial charge in [-0.15, -0.1) is 5.10 Å². The summed E-state index contributed by atoms with van der Waals surface area (Å²) in [6.45, 7) is 7.19. The summed E-state index contributed by atoms with van der Waals surface area (Å²) in [5.74, 6) is 0.981. The maximum absolute atomic E-state index is 11.6. The number of hydrogen-bond acceptors (Lipinski definition) is 4. The monoisotopic (exact) mass is 377 g/mol. The molecule has 2 aromatic carbocycles. The van der Waals surface area contributed by atoms with Crippen molar-refractivity contribution in [3.8, 4) is 17.1 Å². The van der Waals surface area contributed by atoms with E-state index in [1.165, 1.54) is 5.56 Å². The molecule has 1 aromatic heterocycles. The highest BCUT2D eigenvalue weighted by Gasteiger charge is 2.17. The topological polar surface area (TPSA) is 77.0 Å². The Labute approximate surface area is 166 Å². The van der Waals surface area contributed by atoms with Crippen molar-refractivity contribution < 1.29 is 4.79 Å². The first kappa shape index (κ1) is 19.8. The third-order valence-electron chi connectivity index (χ3n) is 4.49. The van der Waals surface area contributed by atoms with Gasteiger partial charge in [0.2, 0.25) is 5.91 Å². The molecule has 1 amide bonds. The molecule has 6 heteroatoms. The van der Waals surface area contributed by atoms with Crippen molar-refractivity contribution >= 4 is 5.91 Å². The Balaban J connectivity index is 2.11. The lowest BCUT2D eigenvalue weighted by Crippen LogP contribution is -2.13. The minimum Gasteiger partial charge on any atom is -0.366 e. The fraction of sp³-hybridized carbons (Fsp3) is 0.318. The summed E-state index contributed by atoms with van der Waals surface area (Å²) in [6, 6.07) is 15.5. The zero-order chi connectivity index (χ0) is 20.5. The average Bonchev–Trinajstić information content (AvgIpc) is 3.04. The molecule has 0 radical (unpaired) electrons. The van der Waals surface area contributed by atoms with Crippen molar-refractivity contribution in [3.05, 3.63) is 65.5 Å². The van der Waals surface area contributed by atoms with Gasteiger partial charge in [0.25, 0.3) is 0 Å². The van der Waals surface area contributed by atoms with Crippen LogP contribution in [0, 0.1) is 0 Å². The normalized spacial score (nSPS) is 11.8. The van der Waals surface area contributed by atoms with Crippen LogP contribution in [0.4, 0.5) is 0 Å². The zero-order valence-corrected chi connectivity index (χ0v) is 17.1. The van der Waals surface area contributed by atoms with E-state index in [0.717, 1.165) is 17.1 Å². The van der Waals surface area contributed by atoms with Gasteiger partial charge in [-0.1, -0.05) is 51.1 Å². The third-order valence-corrected chi connectivity index (χ3v) is 4.49. The van der Waals surface area contributed by atoms with Crippen LogP contribution in [0.15, 0.2) is 48.5 Å². The average molecular weight is 377 g/mol. The second-order valence-electron chi connectivity index (χ2n) is 8.24. The SMILES string of the molecule is CN(C)Cc1nc(-c2ccc(C(C)(C)C)cc2)n(-c2cccc(C(N)=O)c2)n1. The molecule has 0 fully saturated rings. The first-order valence-electron chi connectivity index (χ1n) is 9.27. The molecule has 146 valence electrons. The first-order valence-corrected chi connectivity index (χ1v) is 9.27. The molecule has 0 unspecified atom stereocenters. The largest absolute Gasteiger partial charge is 0.366 e. The smallest absolute Gasteiger partial charge is 0.248 e. The summed E-state index contributed by atoms with van der Waals surface area (Å²) >= 11 is 0. The highest BCUT2D eigenvalue weighted by Crippen LogP contribution is 2.27. The molecular formula is C22H27N5O. The first-order chi connectivity index (χ1) is 13.1. The number of nitrogens with two attached hydrogens (primary N) is 1. The Morgan fingerprint density at radius 2 is 1.79 bits per heavy atom. The highest BCUT2D eigenvalue weighted by atomic mass is 16.1. The summed E-state index contributed by atoms with van der Waals surface area (Å²) < 4.78 is 1.78. The molecule has 0 aliphatic heterocycles. The predicted octanol–water partition coefficient (Wildman–Crippen LogP) is 3.39. The minimum absolute atomic E-state index is 0.0815. The molecule has 0 saturated carbocycles. The van der Waals surface area contributed by atoms with E-state index in [4.69, 9.17) is 10.7 Å². The van der Waals surface area contributed by atoms with E-state index in [1.54, 1.807) is 22.9 Å². The van der Waals surface area contributed by atoms with E-state index in [1.807, 2.05) is 25.1 Å². The lowest BCUT2D eigenvalue weighted by atomic mass is 9.87. The predicted molar refractivity (Wildman–Crippen MR) is 111 cm³/mol. The summed E-state index contributed by atoms with van der Waals surface area (Å²) in [4.78, 5) is 18.4. The van der Waals surface area contributed by atoms with Crippen molar-refractivity contribution in [2.24, 2.45) is 5.73 Å². The van der Waals surface area contributed by atoms with Crippen LogP contribution in [0.5, 0.6) is 0 Å². The lowest BCUT2D eigenvalue weighted by Gasteiger charge is -2.19. The van der Waals surface area contributed by atoms with Gasteiger partial charge in [0.15, 0.2) is 11.6 Å². The van der Waals surface area contributed by atoms with Crippen LogP contribution in [-0.2, 0) is 12.0 Å². The van der Waals surface area contributed by atoms with Gasteiger partial charge in [0.05, 0.1) is 12.2 Å². The fourth-order valence-corrected chi connectivity index (χ4v) is 2.98. The number of primary amides is 1. The van der Waals surface area contributed by atoms with Crippen molar-refractivity contribution in [3.63, 3.8) is 0 Å². The van der Waals surface area contributed by atoms with Crippen LogP contribution in [0.2, 0.25) is 0 Å². The van der Waals surface area contributed by atoms with Gasteiger partial charge in [-0.2, -0.15) is 0 Å². The van der Waals surface area contributed by atoms with Gasteiger partial charge < -0.3 is 10.6 Å². The molecular weight excluding hydrogens is 350 g/mol. The molecule has 3 rings (SSSR count). The number of carbonyl (C=O) groups excluding carboxylic acids is 1. The second-order valence-corrected chi connectivity index (χ2v) is 8.24. The van der Waals surface area contributed by atoms with Crippen LogP contribution in [0.1, 0.15) is 42.5 Å². The number of rotatable bonds is 5. The molecule has 0 aliphatic rings. The lowest BCUT2D eigenvalue weighted by molar-refractivity contribution is 0.1000. The fourth-order valence-electron chi connectivity index (χ4n) is 2.98. The summed E-state index contributed by atoms with van der Waals surface area (Å²) in [6.07, 6.45) is 0. The van der Waals surface area contributed by atoms with Gasteiger partial charge in [-0.3, -0.25) is 4.79 Å². The van der Waals surface area contributed by atoms with Gasteiger partial charge >= 0.3 is 0 Å². The van der Waals surface area contributed by atoms with Crippen LogP contribution in [-0.4, -0.2) is 39.7 Å². The Kier molecular flexibility index (Phi) is 5.34. The molecule has 2 N–H and O–H groups in total. The van der Waals surface area contributed by atoms with Crippen molar-refractivity contribution in [2.75, 3.05) is 14.1 Å². The number of nitrogens with zero attached hydrogens (tertiary/aromatic N) is 4. The zero-order valence-electron chi connectivity index (χ0n) is 17.1. The molecule has 0 atom stereocenters. The molecule has 1 heterocycles. The van der Waals surface area contributed by atoms with E-state index in [0.29, 0.717) is 17.9 Å². The standard InChI is InChI=1S/C22H27N5O/c1-22(2,3)17-11-9-15(10-12-17)21-24-19(14-26(4)5)25-27(21)18-8-6-7-16(13-18)20(23)28/h6-13H,14H2,1-5H3,(H2,23,28). The summed E-state index contributed by atoms with van der Waals surface area (Å²) in [5.41, 5.74) is 8.95. The highest BCUT2D eigenvalue weighted by molar-refractivity contribution is 5.93. The number of aromatic nitrogens is 3. The number of hydrogen-bond donors (Lipinski definition) is 1. The van der Waals surface area contributed by atoms with Crippen LogP contribution in [0.25, 0.3) is 17.1 Å². The van der Waals surface area contributed by atoms with Gasteiger partial charge in [0, 0.05) is 11.1 Å². The van der Waals surface area contributed by atoms with Gasteiger partial charge in [-0.25, -0.2) is 9.67 Å². The summed E-state index contributed by atoms with van der Waals surface area (Å²) in [5, 5.41) is 4.68. The minimum atomic E-state index is -0.466. The Morgan fingerprint density at radius 1 is 1.11 bits per heavy atom. The Bertz CT molecular complexity index is 981. The molecule has 3 aromatic rings. The number of amides is 1. The number of benzene rings is 2. The van der Waals surface area contributed by atoms with E-state index < -0.39 is 5.91 Å². The molecule has 28 heavy (non-hydrogen) atoms. The molecule has 0 saturated heterocycles. The van der Waals surface area contributed by atoms with E-state index in [-0.39, 0.29) is 5.41 Å². The quantitative estimate of drug-likeness (QED) is 0.739. The van der Waals surface area contributed by atoms with Crippen molar-refractivity contribution in [2.45, 2.75) is 32.7 Å². The molecule has 0 spiro atoms. The van der Waals surface area contributed by atoms with Crippen molar-refractivity contribution in [1.29, 1.82) is 0 Å². The van der Waals surface area contributed by atoms with E-state index in [9.17, 15) is 4.79 Å². The van der Waals surface area contributed by atoms with Gasteiger partial charge in [0.1, 0.15) is 0 Å². The van der Waals surface area contributed by atoms with E-state index in [2.05, 4.69) is 50.1 Å².